The summed E-state index contributed by atoms with van der Waals surface area (Å²) < 4.78 is 0. The highest BCUT2D eigenvalue weighted by Gasteiger charge is 2.13. The summed E-state index contributed by atoms with van der Waals surface area (Å²) >= 11 is 0. The fraction of sp³-hybridized carbons (Fsp3) is 0.562. The highest BCUT2D eigenvalue weighted by molar-refractivity contribution is 5.75. The van der Waals surface area contributed by atoms with E-state index in [1.54, 1.807) is 0 Å². The molecule has 1 rings (SSSR count). The molecule has 4 heteroatoms. The van der Waals surface area contributed by atoms with Crippen LogP contribution in [0.4, 0.5) is 0 Å². The van der Waals surface area contributed by atoms with E-state index in [2.05, 4.69) is 62.3 Å². The van der Waals surface area contributed by atoms with Crippen LogP contribution in [0, 0.1) is 0 Å². The van der Waals surface area contributed by atoms with E-state index in [4.69, 9.17) is 11.5 Å². The Bertz CT molecular complexity index is 425. The molecule has 1 aromatic rings. The van der Waals surface area contributed by atoms with Crippen molar-refractivity contribution in [2.24, 2.45) is 16.5 Å². The molecule has 1 unspecified atom stereocenters. The van der Waals surface area contributed by atoms with Crippen LogP contribution in [0.1, 0.15) is 51.3 Å². The number of hydrogen-bond acceptors (Lipinski definition) is 2. The third-order valence-corrected chi connectivity index (χ3v) is 3.36. The van der Waals surface area contributed by atoms with E-state index in [-0.39, 0.29) is 11.4 Å². The van der Waals surface area contributed by atoms with Gasteiger partial charge in [0.05, 0.1) is 0 Å². The summed E-state index contributed by atoms with van der Waals surface area (Å²) in [5.41, 5.74) is 13.4. The lowest BCUT2D eigenvalue weighted by Crippen LogP contribution is -2.24. The van der Waals surface area contributed by atoms with Gasteiger partial charge in [0, 0.05) is 12.6 Å². The standard InChI is InChI=1S/C16H28N4/c1-12(19-10-5-11-20-15(17)18)13-6-8-14(9-7-13)16(2,3)4/h6-9,12,19H,5,10-11H2,1-4H3,(H4,17,18,20). The number of guanidine groups is 1. The zero-order chi connectivity index (χ0) is 15.2. The molecule has 112 valence electrons. The Balaban J connectivity index is 2.44. The maximum atomic E-state index is 5.28. The smallest absolute Gasteiger partial charge is 0.185 e. The average Bonchev–Trinajstić information content (AvgIpc) is 2.37. The first-order chi connectivity index (χ1) is 9.30. The zero-order valence-electron chi connectivity index (χ0n) is 13.1. The van der Waals surface area contributed by atoms with Gasteiger partial charge in [0.15, 0.2) is 5.96 Å². The summed E-state index contributed by atoms with van der Waals surface area (Å²) in [5.74, 6) is 0.163. The van der Waals surface area contributed by atoms with E-state index in [1.165, 1.54) is 11.1 Å². The van der Waals surface area contributed by atoms with Gasteiger partial charge in [-0.05, 0) is 36.4 Å². The van der Waals surface area contributed by atoms with Crippen molar-refractivity contribution in [1.82, 2.24) is 5.32 Å². The lowest BCUT2D eigenvalue weighted by atomic mass is 9.86. The fourth-order valence-electron chi connectivity index (χ4n) is 2.00. The fourth-order valence-corrected chi connectivity index (χ4v) is 2.00. The van der Waals surface area contributed by atoms with Gasteiger partial charge >= 0.3 is 0 Å². The molecular weight excluding hydrogens is 248 g/mol. The average molecular weight is 276 g/mol. The van der Waals surface area contributed by atoms with Crippen molar-refractivity contribution in [2.45, 2.75) is 45.6 Å². The molecule has 0 bridgehead atoms. The molecule has 5 N–H and O–H groups in total. The number of nitrogens with zero attached hydrogens (tertiary/aromatic N) is 1. The van der Waals surface area contributed by atoms with Crippen molar-refractivity contribution in [3.8, 4) is 0 Å². The molecule has 0 heterocycles. The van der Waals surface area contributed by atoms with Gasteiger partial charge < -0.3 is 16.8 Å². The topological polar surface area (TPSA) is 76.4 Å². The number of rotatable bonds is 6. The van der Waals surface area contributed by atoms with Gasteiger partial charge in [0.2, 0.25) is 0 Å². The van der Waals surface area contributed by atoms with E-state index < -0.39 is 0 Å². The van der Waals surface area contributed by atoms with Gasteiger partial charge in [0.1, 0.15) is 0 Å². The second-order valence-corrected chi connectivity index (χ2v) is 6.21. The van der Waals surface area contributed by atoms with Crippen LogP contribution in [0.3, 0.4) is 0 Å². The van der Waals surface area contributed by atoms with Crippen molar-refractivity contribution in [3.05, 3.63) is 35.4 Å². The lowest BCUT2D eigenvalue weighted by Gasteiger charge is -2.20. The van der Waals surface area contributed by atoms with Crippen molar-refractivity contribution >= 4 is 5.96 Å². The third kappa shape index (κ3) is 5.61. The summed E-state index contributed by atoms with van der Waals surface area (Å²) in [4.78, 5) is 3.97. The third-order valence-electron chi connectivity index (χ3n) is 3.36. The predicted octanol–water partition coefficient (Wildman–Crippen LogP) is 2.30. The molecule has 1 atom stereocenters. The van der Waals surface area contributed by atoms with E-state index >= 15 is 0 Å². The Hall–Kier alpha value is -1.55. The Morgan fingerprint density at radius 1 is 1.20 bits per heavy atom. The van der Waals surface area contributed by atoms with Crippen LogP contribution >= 0.6 is 0 Å². The van der Waals surface area contributed by atoms with Crippen LogP contribution in [-0.2, 0) is 5.41 Å². The van der Waals surface area contributed by atoms with Crippen LogP contribution in [0.2, 0.25) is 0 Å². The summed E-state index contributed by atoms with van der Waals surface area (Å²) in [7, 11) is 0. The molecular formula is C16H28N4. The summed E-state index contributed by atoms with van der Waals surface area (Å²) in [6, 6.07) is 9.17. The normalized spacial score (nSPS) is 13.0. The minimum atomic E-state index is 0.163. The molecule has 0 spiro atoms. The molecule has 4 nitrogen and oxygen atoms in total. The highest BCUT2D eigenvalue weighted by Crippen LogP contribution is 2.23. The quantitative estimate of drug-likeness (QED) is 0.424. The summed E-state index contributed by atoms with van der Waals surface area (Å²) in [6.45, 7) is 10.4. The second-order valence-electron chi connectivity index (χ2n) is 6.21. The van der Waals surface area contributed by atoms with E-state index in [9.17, 15) is 0 Å². The van der Waals surface area contributed by atoms with Crippen LogP contribution in [0.15, 0.2) is 29.3 Å². The first-order valence-electron chi connectivity index (χ1n) is 7.20. The molecule has 0 radical (unpaired) electrons. The largest absolute Gasteiger partial charge is 0.370 e. The molecule has 20 heavy (non-hydrogen) atoms. The Morgan fingerprint density at radius 2 is 1.80 bits per heavy atom. The van der Waals surface area contributed by atoms with Crippen LogP contribution < -0.4 is 16.8 Å². The number of benzene rings is 1. The van der Waals surface area contributed by atoms with Crippen molar-refractivity contribution < 1.29 is 0 Å². The van der Waals surface area contributed by atoms with Crippen molar-refractivity contribution in [3.63, 3.8) is 0 Å². The molecule has 0 fully saturated rings. The van der Waals surface area contributed by atoms with Crippen molar-refractivity contribution in [1.29, 1.82) is 0 Å². The van der Waals surface area contributed by atoms with E-state index in [0.29, 0.717) is 12.6 Å². The van der Waals surface area contributed by atoms with Gasteiger partial charge in [-0.2, -0.15) is 0 Å². The molecule has 0 aromatic heterocycles. The van der Waals surface area contributed by atoms with Gasteiger partial charge in [-0.3, -0.25) is 4.99 Å². The van der Waals surface area contributed by atoms with E-state index in [1.807, 2.05) is 0 Å². The predicted molar refractivity (Wildman–Crippen MR) is 86.9 cm³/mol. The van der Waals surface area contributed by atoms with Crippen LogP contribution in [0.5, 0.6) is 0 Å². The molecule has 0 saturated carbocycles. The van der Waals surface area contributed by atoms with Gasteiger partial charge in [0.25, 0.3) is 0 Å². The zero-order valence-corrected chi connectivity index (χ0v) is 13.1. The maximum Gasteiger partial charge on any atom is 0.185 e. The molecule has 0 aliphatic heterocycles. The monoisotopic (exact) mass is 276 g/mol. The molecule has 0 aliphatic carbocycles. The van der Waals surface area contributed by atoms with Crippen LogP contribution in [0.25, 0.3) is 0 Å². The minimum Gasteiger partial charge on any atom is -0.370 e. The van der Waals surface area contributed by atoms with Crippen molar-refractivity contribution in [2.75, 3.05) is 13.1 Å². The van der Waals surface area contributed by atoms with E-state index in [0.717, 1.165) is 13.0 Å². The summed E-state index contributed by atoms with van der Waals surface area (Å²) in [6.07, 6.45) is 0.933. The van der Waals surface area contributed by atoms with Gasteiger partial charge in [-0.15, -0.1) is 0 Å². The van der Waals surface area contributed by atoms with Gasteiger partial charge in [-0.25, -0.2) is 0 Å². The van der Waals surface area contributed by atoms with Gasteiger partial charge in [-0.1, -0.05) is 45.0 Å². The molecule has 1 aromatic carbocycles. The maximum absolute atomic E-state index is 5.28. The van der Waals surface area contributed by atoms with Crippen LogP contribution in [-0.4, -0.2) is 19.0 Å². The number of nitrogens with two attached hydrogens (primary N) is 2. The minimum absolute atomic E-state index is 0.163. The number of hydrogen-bond donors (Lipinski definition) is 3. The first kappa shape index (κ1) is 16.5. The molecule has 0 saturated heterocycles. The first-order valence-corrected chi connectivity index (χ1v) is 7.20. The molecule has 0 amide bonds. The number of aliphatic imine (C=N–C) groups is 1. The Morgan fingerprint density at radius 3 is 2.30 bits per heavy atom. The highest BCUT2D eigenvalue weighted by atomic mass is 15.0. The Kier molecular flexibility index (Phi) is 6.02. The Labute approximate surface area is 122 Å². The second kappa shape index (κ2) is 7.29. The SMILES string of the molecule is CC(NCCCN=C(N)N)c1ccc(C(C)(C)C)cc1. The molecule has 0 aliphatic rings. The lowest BCUT2D eigenvalue weighted by molar-refractivity contribution is 0.559. The number of nitrogens with one attached hydrogen (secondary N) is 1. The summed E-state index contributed by atoms with van der Waals surface area (Å²) in [5, 5.41) is 3.48.